The van der Waals surface area contributed by atoms with Crippen LogP contribution >= 0.6 is 11.3 Å². The number of likely N-dealkylation sites (tertiary alicyclic amines) is 1. The summed E-state index contributed by atoms with van der Waals surface area (Å²) in [6.07, 6.45) is 4.13. The smallest absolute Gasteiger partial charge is 0.297 e. The molecular formula is C18H21N5OS. The fourth-order valence-corrected chi connectivity index (χ4v) is 4.36. The van der Waals surface area contributed by atoms with E-state index in [9.17, 15) is 4.79 Å². The van der Waals surface area contributed by atoms with Gasteiger partial charge in [-0.2, -0.15) is 5.10 Å². The molecule has 0 unspecified atom stereocenters. The van der Waals surface area contributed by atoms with Gasteiger partial charge in [0, 0.05) is 30.1 Å². The number of nitrogens with zero attached hydrogens (tertiary/aromatic N) is 4. The summed E-state index contributed by atoms with van der Waals surface area (Å²) in [5.41, 5.74) is 0.697. The molecule has 4 rings (SSSR count). The summed E-state index contributed by atoms with van der Waals surface area (Å²) in [5, 5.41) is 8.09. The Labute approximate surface area is 150 Å². The van der Waals surface area contributed by atoms with Gasteiger partial charge in [0.25, 0.3) is 0 Å². The minimum Gasteiger partial charge on any atom is -0.297 e. The highest BCUT2D eigenvalue weighted by Crippen LogP contribution is 2.27. The maximum Gasteiger partial charge on any atom is 0.347 e. The predicted molar refractivity (Wildman–Crippen MR) is 98.3 cm³/mol. The van der Waals surface area contributed by atoms with Crippen molar-refractivity contribution < 1.29 is 0 Å². The highest BCUT2D eigenvalue weighted by atomic mass is 32.1. The second-order valence-electron chi connectivity index (χ2n) is 6.48. The lowest BCUT2D eigenvalue weighted by atomic mass is 9.97. The minimum atomic E-state index is -0.170. The van der Waals surface area contributed by atoms with Crippen LogP contribution in [-0.2, 0) is 6.54 Å². The van der Waals surface area contributed by atoms with Gasteiger partial charge in [-0.05, 0) is 38.4 Å². The number of piperidine rings is 1. The van der Waals surface area contributed by atoms with E-state index < -0.39 is 0 Å². The lowest BCUT2D eigenvalue weighted by Crippen LogP contribution is -2.35. The maximum atomic E-state index is 12.3. The van der Waals surface area contributed by atoms with Crippen LogP contribution in [-0.4, -0.2) is 37.7 Å². The second-order valence-corrected chi connectivity index (χ2v) is 7.80. The Morgan fingerprint density at radius 1 is 1.32 bits per heavy atom. The van der Waals surface area contributed by atoms with Gasteiger partial charge < -0.3 is 0 Å². The Morgan fingerprint density at radius 3 is 2.92 bits per heavy atom. The largest absolute Gasteiger partial charge is 0.347 e. The van der Waals surface area contributed by atoms with E-state index in [1.54, 1.807) is 15.9 Å². The van der Waals surface area contributed by atoms with E-state index in [-0.39, 0.29) is 11.6 Å². The summed E-state index contributed by atoms with van der Waals surface area (Å²) in [7, 11) is 0. The average molecular weight is 355 g/mol. The van der Waals surface area contributed by atoms with Crippen LogP contribution in [0.3, 0.4) is 0 Å². The Hall–Kier alpha value is -2.25. The number of H-pyrrole nitrogens is 1. The number of rotatable bonds is 4. The van der Waals surface area contributed by atoms with E-state index >= 15 is 0 Å². The molecular weight excluding hydrogens is 334 g/mol. The van der Waals surface area contributed by atoms with Crippen molar-refractivity contribution in [3.63, 3.8) is 0 Å². The third-order valence-corrected chi connectivity index (χ3v) is 5.53. The van der Waals surface area contributed by atoms with Gasteiger partial charge >= 0.3 is 5.69 Å². The van der Waals surface area contributed by atoms with Crippen molar-refractivity contribution in [1.82, 2.24) is 24.6 Å². The zero-order valence-electron chi connectivity index (χ0n) is 14.2. The first kappa shape index (κ1) is 16.2. The Bertz CT molecular complexity index is 898. The number of hydrogen-bond donors (Lipinski definition) is 1. The number of aromatic amines is 1. The molecule has 2 aromatic heterocycles. The number of para-hydroxylation sites is 1. The molecule has 0 bridgehead atoms. The van der Waals surface area contributed by atoms with E-state index in [0.29, 0.717) is 0 Å². The van der Waals surface area contributed by atoms with Crippen molar-refractivity contribution in [1.29, 1.82) is 0 Å². The second kappa shape index (κ2) is 6.93. The Morgan fingerprint density at radius 2 is 2.16 bits per heavy atom. The monoisotopic (exact) mass is 355 g/mol. The molecule has 7 heteroatoms. The van der Waals surface area contributed by atoms with E-state index in [0.717, 1.165) is 49.0 Å². The molecule has 25 heavy (non-hydrogen) atoms. The molecule has 1 aromatic carbocycles. The van der Waals surface area contributed by atoms with Crippen LogP contribution in [0.5, 0.6) is 0 Å². The summed E-state index contributed by atoms with van der Waals surface area (Å²) < 4.78 is 1.71. The van der Waals surface area contributed by atoms with Crippen LogP contribution in [0.2, 0.25) is 0 Å². The minimum absolute atomic E-state index is 0.170. The number of aryl methyl sites for hydroxylation is 1. The first-order valence-corrected chi connectivity index (χ1v) is 9.39. The fourth-order valence-electron chi connectivity index (χ4n) is 3.52. The van der Waals surface area contributed by atoms with Crippen molar-refractivity contribution in [2.45, 2.75) is 32.2 Å². The molecule has 0 spiro atoms. The standard InChI is InChI=1S/C18H21N5OS/c1-13-19-10-16(25-13)12-22-9-5-6-14(11-22)17-20-21-18(24)23(17)15-7-3-2-4-8-15/h2-4,7-8,10,14H,5-6,9,11-12H2,1H3,(H,21,24)/t14-/m1/s1. The van der Waals surface area contributed by atoms with Crippen molar-refractivity contribution >= 4 is 11.3 Å². The lowest BCUT2D eigenvalue weighted by molar-refractivity contribution is 0.197. The molecule has 0 aliphatic carbocycles. The van der Waals surface area contributed by atoms with Gasteiger partial charge in [0.1, 0.15) is 5.82 Å². The van der Waals surface area contributed by atoms with Crippen molar-refractivity contribution in [3.8, 4) is 5.69 Å². The number of aromatic nitrogens is 4. The van der Waals surface area contributed by atoms with Crippen molar-refractivity contribution in [2.24, 2.45) is 0 Å². The molecule has 130 valence electrons. The first-order chi connectivity index (χ1) is 12.2. The third-order valence-electron chi connectivity index (χ3n) is 4.63. The van der Waals surface area contributed by atoms with Crippen LogP contribution in [0.15, 0.2) is 41.3 Å². The first-order valence-electron chi connectivity index (χ1n) is 8.57. The highest BCUT2D eigenvalue weighted by Gasteiger charge is 2.27. The quantitative estimate of drug-likeness (QED) is 0.781. The van der Waals surface area contributed by atoms with Gasteiger partial charge in [0.15, 0.2) is 0 Å². The van der Waals surface area contributed by atoms with Crippen LogP contribution in [0.1, 0.15) is 34.5 Å². The molecule has 1 N–H and O–H groups in total. The molecule has 0 saturated carbocycles. The van der Waals surface area contributed by atoms with Crippen molar-refractivity contribution in [2.75, 3.05) is 13.1 Å². The molecule has 1 aliphatic rings. The van der Waals surface area contributed by atoms with E-state index in [1.165, 1.54) is 4.88 Å². The number of thiazole rings is 1. The zero-order chi connectivity index (χ0) is 17.2. The summed E-state index contributed by atoms with van der Waals surface area (Å²) in [6.45, 7) is 4.94. The summed E-state index contributed by atoms with van der Waals surface area (Å²) in [5.74, 6) is 1.09. The SMILES string of the molecule is Cc1ncc(CN2CCC[C@@H](c3n[nH]c(=O)n3-c3ccccc3)C2)s1. The predicted octanol–water partition coefficient (Wildman–Crippen LogP) is 2.71. The number of nitrogens with one attached hydrogen (secondary N) is 1. The summed E-state index contributed by atoms with van der Waals surface area (Å²) >= 11 is 1.75. The summed E-state index contributed by atoms with van der Waals surface area (Å²) in [6, 6.07) is 9.73. The van der Waals surface area contributed by atoms with Gasteiger partial charge in [-0.3, -0.25) is 4.90 Å². The van der Waals surface area contributed by atoms with E-state index in [1.807, 2.05) is 43.5 Å². The Balaban J connectivity index is 1.57. The molecule has 0 amide bonds. The molecule has 0 radical (unpaired) electrons. The van der Waals surface area contributed by atoms with Gasteiger partial charge in [0.2, 0.25) is 0 Å². The lowest BCUT2D eigenvalue weighted by Gasteiger charge is -2.31. The molecule has 6 nitrogen and oxygen atoms in total. The van der Waals surface area contributed by atoms with Gasteiger partial charge in [0.05, 0.1) is 10.7 Å². The van der Waals surface area contributed by atoms with Crippen LogP contribution in [0.25, 0.3) is 5.69 Å². The van der Waals surface area contributed by atoms with E-state index in [2.05, 4.69) is 20.1 Å². The van der Waals surface area contributed by atoms with Gasteiger partial charge in [-0.1, -0.05) is 18.2 Å². The highest BCUT2D eigenvalue weighted by molar-refractivity contribution is 7.11. The number of hydrogen-bond acceptors (Lipinski definition) is 5. The third kappa shape index (κ3) is 3.43. The van der Waals surface area contributed by atoms with Crippen LogP contribution < -0.4 is 5.69 Å². The Kier molecular flexibility index (Phi) is 4.50. The molecule has 1 aliphatic heterocycles. The van der Waals surface area contributed by atoms with Crippen molar-refractivity contribution in [3.05, 3.63) is 62.7 Å². The summed E-state index contributed by atoms with van der Waals surface area (Å²) in [4.78, 5) is 20.4. The molecule has 3 heterocycles. The zero-order valence-corrected chi connectivity index (χ0v) is 15.0. The van der Waals surface area contributed by atoms with Gasteiger partial charge in [-0.15, -0.1) is 11.3 Å². The average Bonchev–Trinajstić information content (AvgIpc) is 3.21. The van der Waals surface area contributed by atoms with Crippen LogP contribution in [0.4, 0.5) is 0 Å². The molecule has 1 saturated heterocycles. The van der Waals surface area contributed by atoms with E-state index in [4.69, 9.17) is 0 Å². The van der Waals surface area contributed by atoms with Gasteiger partial charge in [-0.25, -0.2) is 19.4 Å². The normalized spacial score (nSPS) is 18.5. The topological polar surface area (TPSA) is 66.8 Å². The molecule has 1 atom stereocenters. The fraction of sp³-hybridized carbons (Fsp3) is 0.389. The van der Waals surface area contributed by atoms with Crippen LogP contribution in [0, 0.1) is 6.92 Å². The maximum absolute atomic E-state index is 12.3. The molecule has 1 fully saturated rings. The molecule has 3 aromatic rings. The number of benzene rings is 1.